The van der Waals surface area contributed by atoms with Crippen LogP contribution in [0.3, 0.4) is 0 Å². The van der Waals surface area contributed by atoms with E-state index in [1.165, 1.54) is 0 Å². The van der Waals surface area contributed by atoms with Crippen LogP contribution in [0.5, 0.6) is 11.6 Å². The van der Waals surface area contributed by atoms with Crippen LogP contribution in [-0.4, -0.2) is 54.4 Å². The second-order valence-corrected chi connectivity index (χ2v) is 7.12. The number of likely N-dealkylation sites (tertiary alicyclic amines) is 1. The van der Waals surface area contributed by atoms with Gasteiger partial charge in [-0.3, -0.25) is 9.88 Å². The Hall–Kier alpha value is -2.18. The minimum Gasteiger partial charge on any atom is -0.491 e. The number of fused-ring (bicyclic) bond motifs is 1. The summed E-state index contributed by atoms with van der Waals surface area (Å²) in [6.07, 6.45) is 7.62. The van der Waals surface area contributed by atoms with Gasteiger partial charge < -0.3 is 14.2 Å². The molecule has 138 valence electrons. The van der Waals surface area contributed by atoms with E-state index >= 15 is 0 Å². The summed E-state index contributed by atoms with van der Waals surface area (Å²) < 4.78 is 17.5. The van der Waals surface area contributed by atoms with Crippen molar-refractivity contribution in [3.05, 3.63) is 48.4 Å². The van der Waals surface area contributed by atoms with Gasteiger partial charge in [-0.2, -0.15) is 0 Å². The first kappa shape index (κ1) is 17.2. The van der Waals surface area contributed by atoms with Crippen molar-refractivity contribution in [1.82, 2.24) is 14.9 Å². The molecule has 0 spiro atoms. The molecular weight excluding hydrogens is 330 g/mol. The fraction of sp³-hybridized carbons (Fsp3) is 0.500. The van der Waals surface area contributed by atoms with Crippen LogP contribution in [0.25, 0.3) is 0 Å². The highest BCUT2D eigenvalue weighted by molar-refractivity contribution is 5.25. The number of aromatic nitrogens is 2. The number of pyridine rings is 2. The van der Waals surface area contributed by atoms with Crippen molar-refractivity contribution in [3.63, 3.8) is 0 Å². The van der Waals surface area contributed by atoms with Crippen molar-refractivity contribution < 1.29 is 14.2 Å². The lowest BCUT2D eigenvalue weighted by Gasteiger charge is -2.43. The summed E-state index contributed by atoms with van der Waals surface area (Å²) in [5.74, 6) is 1.52. The molecule has 0 aliphatic carbocycles. The summed E-state index contributed by atoms with van der Waals surface area (Å²) in [7, 11) is 1.67. The highest BCUT2D eigenvalue weighted by atomic mass is 16.5. The standard InChI is InChI=1S/C20H25N3O3/c1-24-19-16(4-2-9-22-19)13-23-10-6-18-20(14-23,7-11-25-18)15-26-17-5-3-8-21-12-17/h2-5,8-9,12,18H,6-7,10-11,13-15H2,1H3/t18-,20+/m0/s1. The maximum Gasteiger partial charge on any atom is 0.217 e. The van der Waals surface area contributed by atoms with Gasteiger partial charge >= 0.3 is 0 Å². The predicted octanol–water partition coefficient (Wildman–Crippen LogP) is 2.55. The number of methoxy groups -OCH3 is 1. The van der Waals surface area contributed by atoms with E-state index in [1.807, 2.05) is 18.2 Å². The lowest BCUT2D eigenvalue weighted by molar-refractivity contribution is -0.0415. The average Bonchev–Trinajstić information content (AvgIpc) is 3.11. The van der Waals surface area contributed by atoms with E-state index in [9.17, 15) is 0 Å². The van der Waals surface area contributed by atoms with Crippen LogP contribution in [0.4, 0.5) is 0 Å². The molecule has 4 heterocycles. The Morgan fingerprint density at radius 3 is 3.08 bits per heavy atom. The molecule has 0 radical (unpaired) electrons. The summed E-state index contributed by atoms with van der Waals surface area (Å²) >= 11 is 0. The van der Waals surface area contributed by atoms with Gasteiger partial charge in [0.2, 0.25) is 5.88 Å². The van der Waals surface area contributed by atoms with Gasteiger partial charge in [0.25, 0.3) is 0 Å². The number of nitrogens with zero attached hydrogens (tertiary/aromatic N) is 3. The van der Waals surface area contributed by atoms with Crippen LogP contribution in [0.1, 0.15) is 18.4 Å². The van der Waals surface area contributed by atoms with E-state index < -0.39 is 0 Å². The monoisotopic (exact) mass is 355 g/mol. The van der Waals surface area contributed by atoms with Crippen LogP contribution in [0.15, 0.2) is 42.9 Å². The number of rotatable bonds is 6. The van der Waals surface area contributed by atoms with Gasteiger partial charge in [-0.15, -0.1) is 0 Å². The van der Waals surface area contributed by atoms with Gasteiger partial charge in [-0.05, 0) is 31.0 Å². The first-order valence-electron chi connectivity index (χ1n) is 9.14. The SMILES string of the molecule is COc1ncccc1CN1CC[C@@H]2OCC[C@]2(COc2cccnc2)C1. The Morgan fingerprint density at radius 2 is 2.23 bits per heavy atom. The van der Waals surface area contributed by atoms with E-state index in [4.69, 9.17) is 14.2 Å². The summed E-state index contributed by atoms with van der Waals surface area (Å²) in [6.45, 7) is 4.26. The third-order valence-electron chi connectivity index (χ3n) is 5.45. The van der Waals surface area contributed by atoms with Crippen LogP contribution in [0.2, 0.25) is 0 Å². The number of hydrogen-bond acceptors (Lipinski definition) is 6. The minimum absolute atomic E-state index is 0.0313. The smallest absolute Gasteiger partial charge is 0.217 e. The lowest BCUT2D eigenvalue weighted by atomic mass is 9.77. The largest absolute Gasteiger partial charge is 0.491 e. The highest BCUT2D eigenvalue weighted by Gasteiger charge is 2.48. The minimum atomic E-state index is 0.0313. The van der Waals surface area contributed by atoms with E-state index in [-0.39, 0.29) is 11.5 Å². The molecule has 0 bridgehead atoms. The van der Waals surface area contributed by atoms with Crippen molar-refractivity contribution in [3.8, 4) is 11.6 Å². The highest BCUT2D eigenvalue weighted by Crippen LogP contribution is 2.41. The van der Waals surface area contributed by atoms with Crippen molar-refractivity contribution in [2.24, 2.45) is 5.41 Å². The van der Waals surface area contributed by atoms with Crippen LogP contribution >= 0.6 is 0 Å². The third kappa shape index (κ3) is 3.52. The van der Waals surface area contributed by atoms with Gasteiger partial charge in [0, 0.05) is 49.6 Å². The molecule has 2 aliphatic rings. The number of ether oxygens (including phenoxy) is 3. The van der Waals surface area contributed by atoms with E-state index in [1.54, 1.807) is 25.7 Å². The fourth-order valence-corrected chi connectivity index (χ4v) is 4.11. The molecule has 2 atom stereocenters. The quantitative estimate of drug-likeness (QED) is 0.794. The van der Waals surface area contributed by atoms with Crippen LogP contribution in [0, 0.1) is 5.41 Å². The Balaban J connectivity index is 1.46. The maximum atomic E-state index is 6.09. The zero-order valence-corrected chi connectivity index (χ0v) is 15.1. The maximum absolute atomic E-state index is 6.09. The molecule has 26 heavy (non-hydrogen) atoms. The molecule has 0 N–H and O–H groups in total. The summed E-state index contributed by atoms with van der Waals surface area (Å²) in [6, 6.07) is 7.90. The predicted molar refractivity (Wildman–Crippen MR) is 97.2 cm³/mol. The molecule has 6 heteroatoms. The number of hydrogen-bond donors (Lipinski definition) is 0. The van der Waals surface area contributed by atoms with Crippen LogP contribution in [-0.2, 0) is 11.3 Å². The van der Waals surface area contributed by atoms with E-state index in [2.05, 4.69) is 20.9 Å². The third-order valence-corrected chi connectivity index (χ3v) is 5.45. The molecule has 4 rings (SSSR count). The zero-order valence-electron chi connectivity index (χ0n) is 15.1. The fourth-order valence-electron chi connectivity index (χ4n) is 4.11. The van der Waals surface area contributed by atoms with Crippen molar-refractivity contribution >= 4 is 0 Å². The first-order valence-corrected chi connectivity index (χ1v) is 9.14. The van der Waals surface area contributed by atoms with E-state index in [0.717, 1.165) is 50.4 Å². The Kier molecular flexibility index (Phi) is 5.04. The van der Waals surface area contributed by atoms with Crippen molar-refractivity contribution in [1.29, 1.82) is 0 Å². The Bertz CT molecular complexity index is 727. The second kappa shape index (κ2) is 7.60. The molecule has 0 saturated carbocycles. The van der Waals surface area contributed by atoms with Gasteiger partial charge in [0.1, 0.15) is 5.75 Å². The summed E-state index contributed by atoms with van der Waals surface area (Å²) in [5, 5.41) is 0. The van der Waals surface area contributed by atoms with Crippen LogP contribution < -0.4 is 9.47 Å². The summed E-state index contributed by atoms with van der Waals surface area (Å²) in [4.78, 5) is 10.9. The average molecular weight is 355 g/mol. The molecule has 2 fully saturated rings. The molecule has 2 saturated heterocycles. The molecule has 6 nitrogen and oxygen atoms in total. The lowest BCUT2D eigenvalue weighted by Crippen LogP contribution is -2.52. The van der Waals surface area contributed by atoms with Gasteiger partial charge in [0.15, 0.2) is 0 Å². The van der Waals surface area contributed by atoms with Gasteiger partial charge in [0.05, 0.1) is 26.0 Å². The van der Waals surface area contributed by atoms with Crippen molar-refractivity contribution in [2.45, 2.75) is 25.5 Å². The molecular formula is C20H25N3O3. The normalized spacial score (nSPS) is 25.7. The molecule has 2 aromatic heterocycles. The molecule has 2 aliphatic heterocycles. The summed E-state index contributed by atoms with van der Waals surface area (Å²) in [5.41, 5.74) is 1.15. The second-order valence-electron chi connectivity index (χ2n) is 7.12. The van der Waals surface area contributed by atoms with E-state index in [0.29, 0.717) is 12.5 Å². The van der Waals surface area contributed by atoms with Gasteiger partial charge in [-0.1, -0.05) is 6.07 Å². The molecule has 0 unspecified atom stereocenters. The van der Waals surface area contributed by atoms with Gasteiger partial charge in [-0.25, -0.2) is 4.98 Å². The number of piperidine rings is 1. The zero-order chi connectivity index (χ0) is 17.8. The molecule has 0 amide bonds. The Labute approximate surface area is 154 Å². The topological polar surface area (TPSA) is 56.7 Å². The van der Waals surface area contributed by atoms with Crippen molar-refractivity contribution in [2.75, 3.05) is 33.4 Å². The Morgan fingerprint density at radius 1 is 1.31 bits per heavy atom. The molecule has 2 aromatic rings. The first-order chi connectivity index (χ1) is 12.8. The molecule has 0 aromatic carbocycles.